The van der Waals surface area contributed by atoms with Crippen LogP contribution in [0.1, 0.15) is 34.5 Å². The molecule has 0 saturated carbocycles. The number of carbonyl (C=O) groups is 2. The van der Waals surface area contributed by atoms with Crippen molar-refractivity contribution in [2.45, 2.75) is 26.3 Å². The smallest absolute Gasteiger partial charge is 0.287 e. The number of rotatable bonds is 5. The van der Waals surface area contributed by atoms with Crippen molar-refractivity contribution in [1.82, 2.24) is 5.32 Å². The summed E-state index contributed by atoms with van der Waals surface area (Å²) in [6, 6.07) is 13.2. The number of furan rings is 1. The number of fused-ring (bicyclic) bond motifs is 1. The van der Waals surface area contributed by atoms with Gasteiger partial charge in [0, 0.05) is 36.1 Å². The van der Waals surface area contributed by atoms with Crippen LogP contribution in [0.5, 0.6) is 5.75 Å². The molecule has 28 heavy (non-hydrogen) atoms. The van der Waals surface area contributed by atoms with Gasteiger partial charge in [0.2, 0.25) is 5.91 Å². The number of nitrogens with one attached hydrogen (secondary N) is 1. The number of hydrogen-bond donors (Lipinski definition) is 1. The maximum absolute atomic E-state index is 12.6. The Bertz CT molecular complexity index is 1040. The Hall–Kier alpha value is -3.28. The molecule has 1 aliphatic rings. The molecule has 2 heterocycles. The van der Waals surface area contributed by atoms with Gasteiger partial charge in [0.15, 0.2) is 5.76 Å². The Labute approximate surface area is 163 Å². The largest absolute Gasteiger partial charge is 0.497 e. The molecule has 1 aromatic heterocycles. The van der Waals surface area contributed by atoms with Crippen molar-refractivity contribution >= 4 is 28.5 Å². The van der Waals surface area contributed by atoms with Crippen molar-refractivity contribution in [3.05, 3.63) is 59.4 Å². The summed E-state index contributed by atoms with van der Waals surface area (Å²) in [6.07, 6.45) is 1.51. The van der Waals surface area contributed by atoms with E-state index in [1.54, 1.807) is 24.1 Å². The predicted molar refractivity (Wildman–Crippen MR) is 107 cm³/mol. The molecule has 6 heteroatoms. The van der Waals surface area contributed by atoms with Gasteiger partial charge in [0.1, 0.15) is 11.3 Å². The fourth-order valence-corrected chi connectivity index (χ4v) is 3.52. The number of carbonyl (C=O) groups excluding carboxylic acids is 2. The monoisotopic (exact) mass is 378 g/mol. The van der Waals surface area contributed by atoms with E-state index in [1.807, 2.05) is 37.3 Å². The molecule has 6 nitrogen and oxygen atoms in total. The summed E-state index contributed by atoms with van der Waals surface area (Å²) in [4.78, 5) is 26.2. The van der Waals surface area contributed by atoms with Crippen LogP contribution in [0.15, 0.2) is 46.9 Å². The second-order valence-electron chi connectivity index (χ2n) is 6.92. The Morgan fingerprint density at radius 1 is 1.21 bits per heavy atom. The lowest BCUT2D eigenvalue weighted by Gasteiger charge is -2.16. The average Bonchev–Trinajstić information content (AvgIpc) is 3.29. The van der Waals surface area contributed by atoms with Gasteiger partial charge in [-0.05, 0) is 49.2 Å². The normalized spacial score (nSPS) is 13.9. The van der Waals surface area contributed by atoms with E-state index < -0.39 is 0 Å². The molecule has 0 aliphatic carbocycles. The first-order chi connectivity index (χ1) is 13.6. The predicted octanol–water partition coefficient (Wildman–Crippen LogP) is 3.81. The van der Waals surface area contributed by atoms with Crippen LogP contribution in [-0.4, -0.2) is 25.5 Å². The first-order valence-corrected chi connectivity index (χ1v) is 9.31. The van der Waals surface area contributed by atoms with Gasteiger partial charge in [-0.2, -0.15) is 0 Å². The summed E-state index contributed by atoms with van der Waals surface area (Å²) in [7, 11) is 1.61. The SMILES string of the molecule is COc1ccc2oc(C(=O)NCc3ccc(N4CCCC4=O)cc3)c(C)c2c1. The van der Waals surface area contributed by atoms with Crippen LogP contribution in [0, 0.1) is 6.92 Å². The molecule has 0 bridgehead atoms. The van der Waals surface area contributed by atoms with Crippen molar-refractivity contribution in [2.24, 2.45) is 0 Å². The molecule has 1 aliphatic heterocycles. The van der Waals surface area contributed by atoms with Crippen LogP contribution < -0.4 is 15.0 Å². The number of methoxy groups -OCH3 is 1. The second-order valence-corrected chi connectivity index (χ2v) is 6.92. The molecule has 144 valence electrons. The number of nitrogens with zero attached hydrogens (tertiary/aromatic N) is 1. The lowest BCUT2D eigenvalue weighted by molar-refractivity contribution is -0.117. The molecule has 2 aromatic carbocycles. The summed E-state index contributed by atoms with van der Waals surface area (Å²) in [5.74, 6) is 0.937. The highest BCUT2D eigenvalue weighted by molar-refractivity contribution is 5.99. The standard InChI is InChI=1S/C22H22N2O4/c1-14-18-12-17(27-2)9-10-19(18)28-21(14)22(26)23-13-15-5-7-16(8-6-15)24-11-3-4-20(24)25/h5-10,12H,3-4,11,13H2,1-2H3,(H,23,26). The van der Waals surface area contributed by atoms with E-state index >= 15 is 0 Å². The minimum Gasteiger partial charge on any atom is -0.497 e. The van der Waals surface area contributed by atoms with E-state index in [4.69, 9.17) is 9.15 Å². The minimum atomic E-state index is -0.258. The molecule has 1 N–H and O–H groups in total. The summed E-state index contributed by atoms with van der Waals surface area (Å²) in [6.45, 7) is 3.01. The lowest BCUT2D eigenvalue weighted by Crippen LogP contribution is -2.24. The van der Waals surface area contributed by atoms with Gasteiger partial charge >= 0.3 is 0 Å². The third kappa shape index (κ3) is 3.33. The zero-order valence-corrected chi connectivity index (χ0v) is 16.0. The molecule has 3 aromatic rings. The Balaban J connectivity index is 1.45. The van der Waals surface area contributed by atoms with E-state index in [9.17, 15) is 9.59 Å². The lowest BCUT2D eigenvalue weighted by atomic mass is 10.1. The first-order valence-electron chi connectivity index (χ1n) is 9.31. The van der Waals surface area contributed by atoms with Gasteiger partial charge < -0.3 is 19.4 Å². The van der Waals surface area contributed by atoms with Crippen molar-refractivity contribution in [1.29, 1.82) is 0 Å². The molecule has 0 radical (unpaired) electrons. The molecular formula is C22H22N2O4. The third-order valence-corrected chi connectivity index (χ3v) is 5.12. The zero-order valence-electron chi connectivity index (χ0n) is 16.0. The number of amides is 2. The molecule has 0 spiro atoms. The highest BCUT2D eigenvalue weighted by Crippen LogP contribution is 2.29. The molecular weight excluding hydrogens is 356 g/mol. The van der Waals surface area contributed by atoms with Gasteiger partial charge in [-0.15, -0.1) is 0 Å². The van der Waals surface area contributed by atoms with E-state index in [-0.39, 0.29) is 11.8 Å². The maximum Gasteiger partial charge on any atom is 0.287 e. The Kier molecular flexibility index (Phi) is 4.77. The molecule has 0 unspecified atom stereocenters. The van der Waals surface area contributed by atoms with Crippen molar-refractivity contribution < 1.29 is 18.7 Å². The van der Waals surface area contributed by atoms with Crippen molar-refractivity contribution in [2.75, 3.05) is 18.6 Å². The summed E-state index contributed by atoms with van der Waals surface area (Å²) < 4.78 is 11.0. The molecule has 4 rings (SSSR count). The van der Waals surface area contributed by atoms with Crippen molar-refractivity contribution in [3.63, 3.8) is 0 Å². The van der Waals surface area contributed by atoms with Crippen molar-refractivity contribution in [3.8, 4) is 5.75 Å². The third-order valence-electron chi connectivity index (χ3n) is 5.12. The maximum atomic E-state index is 12.6. The Morgan fingerprint density at radius 3 is 2.68 bits per heavy atom. The zero-order chi connectivity index (χ0) is 19.7. The van der Waals surface area contributed by atoms with Crippen LogP contribution >= 0.6 is 0 Å². The summed E-state index contributed by atoms with van der Waals surface area (Å²) in [5, 5.41) is 3.76. The number of aryl methyl sites for hydroxylation is 1. The highest BCUT2D eigenvalue weighted by Gasteiger charge is 2.21. The van der Waals surface area contributed by atoms with Gasteiger partial charge in [0.25, 0.3) is 5.91 Å². The minimum absolute atomic E-state index is 0.165. The fraction of sp³-hybridized carbons (Fsp3) is 0.273. The van der Waals surface area contributed by atoms with Crippen LogP contribution in [0.2, 0.25) is 0 Å². The number of ether oxygens (including phenoxy) is 1. The molecule has 2 amide bonds. The summed E-state index contributed by atoms with van der Waals surface area (Å²) >= 11 is 0. The average molecular weight is 378 g/mol. The summed E-state index contributed by atoms with van der Waals surface area (Å²) in [5.41, 5.74) is 3.30. The van der Waals surface area contributed by atoms with Crippen LogP contribution in [0.25, 0.3) is 11.0 Å². The quantitative estimate of drug-likeness (QED) is 0.733. The Morgan fingerprint density at radius 2 is 2.00 bits per heavy atom. The van der Waals surface area contributed by atoms with E-state index in [0.29, 0.717) is 24.3 Å². The highest BCUT2D eigenvalue weighted by atomic mass is 16.5. The first kappa shape index (κ1) is 18.1. The molecule has 0 atom stereocenters. The van der Waals surface area contributed by atoms with Gasteiger partial charge in [-0.3, -0.25) is 9.59 Å². The number of anilines is 1. The van der Waals surface area contributed by atoms with E-state index in [0.717, 1.165) is 40.9 Å². The topological polar surface area (TPSA) is 71.8 Å². The van der Waals surface area contributed by atoms with E-state index in [1.165, 1.54) is 0 Å². The molecule has 1 fully saturated rings. The van der Waals surface area contributed by atoms with E-state index in [2.05, 4.69) is 5.32 Å². The second kappa shape index (κ2) is 7.38. The van der Waals surface area contributed by atoms with Gasteiger partial charge in [0.05, 0.1) is 7.11 Å². The van der Waals surface area contributed by atoms with Gasteiger partial charge in [-0.25, -0.2) is 0 Å². The fourth-order valence-electron chi connectivity index (χ4n) is 3.52. The molecule has 1 saturated heterocycles. The number of hydrogen-bond acceptors (Lipinski definition) is 4. The van der Waals surface area contributed by atoms with Gasteiger partial charge in [-0.1, -0.05) is 12.1 Å². The number of benzene rings is 2. The van der Waals surface area contributed by atoms with Crippen LogP contribution in [0.4, 0.5) is 5.69 Å². The van der Waals surface area contributed by atoms with Crippen LogP contribution in [-0.2, 0) is 11.3 Å². The van der Waals surface area contributed by atoms with Crippen LogP contribution in [0.3, 0.4) is 0 Å².